The molecule has 1 aliphatic rings. The number of furan rings is 1. The van der Waals surface area contributed by atoms with Gasteiger partial charge in [0, 0.05) is 29.7 Å². The summed E-state index contributed by atoms with van der Waals surface area (Å²) in [6, 6.07) is 11.7. The highest BCUT2D eigenvalue weighted by Gasteiger charge is 2.30. The molecule has 0 spiro atoms. The van der Waals surface area contributed by atoms with Crippen molar-refractivity contribution in [3.8, 4) is 6.01 Å². The first-order valence-corrected chi connectivity index (χ1v) is 8.35. The number of hydrogen-bond acceptors (Lipinski definition) is 5. The zero-order valence-corrected chi connectivity index (χ0v) is 14.2. The van der Waals surface area contributed by atoms with Gasteiger partial charge in [-0.25, -0.2) is 9.97 Å². The molecule has 25 heavy (non-hydrogen) atoms. The average molecular weight is 337 g/mol. The Balaban J connectivity index is 1.45. The molecule has 0 unspecified atom stereocenters. The van der Waals surface area contributed by atoms with E-state index in [1.54, 1.807) is 11.0 Å². The summed E-state index contributed by atoms with van der Waals surface area (Å²) >= 11 is 0. The van der Waals surface area contributed by atoms with E-state index in [4.69, 9.17) is 9.15 Å². The zero-order valence-electron chi connectivity index (χ0n) is 14.2. The molecule has 1 amide bonds. The molecule has 0 N–H and O–H groups in total. The van der Waals surface area contributed by atoms with Crippen LogP contribution in [0.25, 0.3) is 11.0 Å². The van der Waals surface area contributed by atoms with Crippen molar-refractivity contribution in [2.75, 3.05) is 13.1 Å². The van der Waals surface area contributed by atoms with Gasteiger partial charge in [-0.15, -0.1) is 0 Å². The van der Waals surface area contributed by atoms with Gasteiger partial charge in [0.25, 0.3) is 5.91 Å². The number of ether oxygens (including phenoxy) is 1. The standard InChI is InChI=1S/C19H19N3O3/c1-12-9-13(2)21-19(20-12)24-15-7-8-22(11-15)18(23)17-10-14-5-3-4-6-16(14)25-17/h3-6,9-10,15H,7-8,11H2,1-2H3/t15-/m0/s1. The Labute approximate surface area is 145 Å². The number of hydrogen-bond donors (Lipinski definition) is 0. The highest BCUT2D eigenvalue weighted by Crippen LogP contribution is 2.23. The average Bonchev–Trinajstić information content (AvgIpc) is 3.19. The third-order valence-electron chi connectivity index (χ3n) is 4.30. The molecule has 1 aliphatic heterocycles. The Bertz CT molecular complexity index is 881. The lowest BCUT2D eigenvalue weighted by atomic mass is 10.2. The summed E-state index contributed by atoms with van der Waals surface area (Å²) in [6.07, 6.45) is 0.650. The second-order valence-electron chi connectivity index (χ2n) is 6.36. The minimum absolute atomic E-state index is 0.102. The van der Waals surface area contributed by atoms with Gasteiger partial charge in [-0.3, -0.25) is 4.79 Å². The van der Waals surface area contributed by atoms with Gasteiger partial charge in [-0.1, -0.05) is 18.2 Å². The first-order valence-electron chi connectivity index (χ1n) is 8.35. The maximum atomic E-state index is 12.7. The van der Waals surface area contributed by atoms with Crippen LogP contribution >= 0.6 is 0 Å². The van der Waals surface area contributed by atoms with Crippen LogP contribution < -0.4 is 4.74 Å². The SMILES string of the molecule is Cc1cc(C)nc(O[C@H]2CCN(C(=O)c3cc4ccccc4o3)C2)n1. The summed E-state index contributed by atoms with van der Waals surface area (Å²) in [6.45, 7) is 4.96. The normalized spacial score (nSPS) is 17.2. The molecule has 0 bridgehead atoms. The number of carbonyl (C=O) groups excluding carboxylic acids is 1. The quantitative estimate of drug-likeness (QED) is 0.734. The van der Waals surface area contributed by atoms with Crippen molar-refractivity contribution in [1.29, 1.82) is 0 Å². The molecule has 0 saturated carbocycles. The van der Waals surface area contributed by atoms with Gasteiger partial charge in [-0.2, -0.15) is 0 Å². The fourth-order valence-electron chi connectivity index (χ4n) is 3.15. The molecule has 1 saturated heterocycles. The van der Waals surface area contributed by atoms with Crippen molar-refractivity contribution < 1.29 is 13.9 Å². The number of aryl methyl sites for hydroxylation is 2. The minimum atomic E-state index is -0.108. The summed E-state index contributed by atoms with van der Waals surface area (Å²) in [4.78, 5) is 23.0. The van der Waals surface area contributed by atoms with Gasteiger partial charge in [-0.05, 0) is 32.0 Å². The van der Waals surface area contributed by atoms with Crippen LogP contribution in [0.1, 0.15) is 28.4 Å². The third kappa shape index (κ3) is 3.20. The van der Waals surface area contributed by atoms with Crippen LogP contribution in [0, 0.1) is 13.8 Å². The summed E-state index contributed by atoms with van der Waals surface area (Å²) in [5.41, 5.74) is 2.47. The second kappa shape index (κ2) is 6.20. The van der Waals surface area contributed by atoms with Gasteiger partial charge in [0.2, 0.25) is 0 Å². The van der Waals surface area contributed by atoms with E-state index in [-0.39, 0.29) is 12.0 Å². The predicted molar refractivity (Wildman–Crippen MR) is 92.7 cm³/mol. The number of rotatable bonds is 3. The van der Waals surface area contributed by atoms with Crippen LogP contribution in [0.5, 0.6) is 6.01 Å². The zero-order chi connectivity index (χ0) is 17.4. The number of aromatic nitrogens is 2. The summed E-state index contributed by atoms with van der Waals surface area (Å²) < 4.78 is 11.5. The van der Waals surface area contributed by atoms with Crippen LogP contribution in [-0.4, -0.2) is 40.0 Å². The lowest BCUT2D eigenvalue weighted by Crippen LogP contribution is -2.30. The number of fused-ring (bicyclic) bond motifs is 1. The summed E-state index contributed by atoms with van der Waals surface area (Å²) in [5.74, 6) is 0.258. The largest absolute Gasteiger partial charge is 0.458 e. The first kappa shape index (κ1) is 15.6. The van der Waals surface area contributed by atoms with Gasteiger partial charge in [0.1, 0.15) is 11.7 Å². The number of benzene rings is 1. The van der Waals surface area contributed by atoms with Gasteiger partial charge in [0.15, 0.2) is 5.76 Å². The van der Waals surface area contributed by atoms with E-state index < -0.39 is 0 Å². The minimum Gasteiger partial charge on any atom is -0.458 e. The molecular weight excluding hydrogens is 318 g/mol. The Morgan fingerprint density at radius 1 is 1.20 bits per heavy atom. The number of para-hydroxylation sites is 1. The molecular formula is C19H19N3O3. The Morgan fingerprint density at radius 2 is 1.96 bits per heavy atom. The molecule has 6 nitrogen and oxygen atoms in total. The van der Waals surface area contributed by atoms with E-state index in [1.807, 2.05) is 44.2 Å². The lowest BCUT2D eigenvalue weighted by Gasteiger charge is -2.15. The molecule has 3 aromatic rings. The lowest BCUT2D eigenvalue weighted by molar-refractivity contribution is 0.0740. The number of amides is 1. The highest BCUT2D eigenvalue weighted by molar-refractivity contribution is 5.96. The second-order valence-corrected chi connectivity index (χ2v) is 6.36. The monoisotopic (exact) mass is 337 g/mol. The topological polar surface area (TPSA) is 68.5 Å². The summed E-state index contributed by atoms with van der Waals surface area (Å²) in [7, 11) is 0. The van der Waals surface area contributed by atoms with Crippen molar-refractivity contribution >= 4 is 16.9 Å². The fourth-order valence-corrected chi connectivity index (χ4v) is 3.15. The maximum absolute atomic E-state index is 12.7. The van der Waals surface area contributed by atoms with Crippen LogP contribution in [0.2, 0.25) is 0 Å². The van der Waals surface area contributed by atoms with E-state index in [1.165, 1.54) is 0 Å². The van der Waals surface area contributed by atoms with Gasteiger partial charge < -0.3 is 14.1 Å². The summed E-state index contributed by atoms with van der Waals surface area (Å²) in [5, 5.41) is 0.932. The van der Waals surface area contributed by atoms with Crippen LogP contribution in [-0.2, 0) is 0 Å². The van der Waals surface area contributed by atoms with Crippen molar-refractivity contribution in [3.63, 3.8) is 0 Å². The smallest absolute Gasteiger partial charge is 0.317 e. The van der Waals surface area contributed by atoms with Gasteiger partial charge >= 0.3 is 6.01 Å². The number of nitrogens with zero attached hydrogens (tertiary/aromatic N) is 3. The maximum Gasteiger partial charge on any atom is 0.317 e. The van der Waals surface area contributed by atoms with Crippen LogP contribution in [0.4, 0.5) is 0 Å². The molecule has 0 radical (unpaired) electrons. The van der Waals surface area contributed by atoms with Gasteiger partial charge in [0.05, 0.1) is 6.54 Å². The third-order valence-corrected chi connectivity index (χ3v) is 4.30. The van der Waals surface area contributed by atoms with Crippen LogP contribution in [0.15, 0.2) is 40.8 Å². The van der Waals surface area contributed by atoms with Crippen molar-refractivity contribution in [1.82, 2.24) is 14.9 Å². The first-order chi connectivity index (χ1) is 12.1. The molecule has 0 aliphatic carbocycles. The Hall–Kier alpha value is -2.89. The van der Waals surface area contributed by atoms with E-state index in [0.717, 1.165) is 28.8 Å². The molecule has 128 valence electrons. The predicted octanol–water partition coefficient (Wildman–Crippen LogP) is 3.13. The van der Waals surface area contributed by atoms with Crippen molar-refractivity contribution in [2.24, 2.45) is 0 Å². The molecule has 3 heterocycles. The molecule has 1 fully saturated rings. The number of carbonyl (C=O) groups is 1. The molecule has 1 aromatic carbocycles. The molecule has 2 aromatic heterocycles. The molecule has 4 rings (SSSR count). The van der Waals surface area contributed by atoms with E-state index >= 15 is 0 Å². The Kier molecular flexibility index (Phi) is 3.87. The highest BCUT2D eigenvalue weighted by atomic mass is 16.5. The van der Waals surface area contributed by atoms with E-state index in [0.29, 0.717) is 24.9 Å². The van der Waals surface area contributed by atoms with Crippen molar-refractivity contribution in [3.05, 3.63) is 53.5 Å². The Morgan fingerprint density at radius 3 is 2.72 bits per heavy atom. The van der Waals surface area contributed by atoms with Crippen molar-refractivity contribution in [2.45, 2.75) is 26.4 Å². The van der Waals surface area contributed by atoms with E-state index in [9.17, 15) is 4.79 Å². The number of likely N-dealkylation sites (tertiary alicyclic amines) is 1. The van der Waals surface area contributed by atoms with E-state index in [2.05, 4.69) is 9.97 Å². The molecule has 6 heteroatoms. The van der Waals surface area contributed by atoms with Crippen LogP contribution in [0.3, 0.4) is 0 Å². The fraction of sp³-hybridized carbons (Fsp3) is 0.316. The molecule has 1 atom stereocenters.